The van der Waals surface area contributed by atoms with Crippen LogP contribution < -0.4 is 22.5 Å². The molecule has 1 amide bonds. The minimum atomic E-state index is -1.51. The van der Waals surface area contributed by atoms with Crippen molar-refractivity contribution in [2.45, 2.75) is 31.3 Å². The van der Waals surface area contributed by atoms with Gasteiger partial charge in [-0.2, -0.15) is 0 Å². The third-order valence-electron chi connectivity index (χ3n) is 2.30. The van der Waals surface area contributed by atoms with Crippen LogP contribution in [0.4, 0.5) is 0 Å². The third kappa shape index (κ3) is 7.87. The van der Waals surface area contributed by atoms with Crippen molar-refractivity contribution in [3.8, 4) is 0 Å². The van der Waals surface area contributed by atoms with E-state index in [9.17, 15) is 14.4 Å². The van der Waals surface area contributed by atoms with Crippen molar-refractivity contribution in [2.75, 3.05) is 6.54 Å². The number of carbonyl (C=O) groups excluding carboxylic acids is 1. The van der Waals surface area contributed by atoms with Gasteiger partial charge < -0.3 is 32.7 Å². The van der Waals surface area contributed by atoms with Gasteiger partial charge in [0, 0.05) is 6.54 Å². The number of nitrogens with one attached hydrogen (secondary N) is 1. The molecule has 0 radical (unpaired) electrons. The number of aliphatic imine (C=N–C) groups is 1. The quantitative estimate of drug-likeness (QED) is 0.151. The van der Waals surface area contributed by atoms with Crippen LogP contribution in [0, 0.1) is 0 Å². The predicted molar refractivity (Wildman–Crippen MR) is 69.7 cm³/mol. The number of carboxylic acids is 2. The summed E-state index contributed by atoms with van der Waals surface area (Å²) in [4.78, 5) is 36.5. The summed E-state index contributed by atoms with van der Waals surface area (Å²) in [6.45, 7) is 0.292. The van der Waals surface area contributed by atoms with Gasteiger partial charge in [0.25, 0.3) is 0 Å². The van der Waals surface area contributed by atoms with Gasteiger partial charge in [-0.15, -0.1) is 0 Å². The van der Waals surface area contributed by atoms with Crippen LogP contribution in [0.25, 0.3) is 0 Å². The van der Waals surface area contributed by atoms with E-state index in [1.165, 1.54) is 0 Å². The summed E-state index contributed by atoms with van der Waals surface area (Å²) in [6.07, 6.45) is -0.0486. The second-order valence-corrected chi connectivity index (χ2v) is 4.05. The van der Waals surface area contributed by atoms with Crippen LogP contribution >= 0.6 is 0 Å². The lowest BCUT2D eigenvalue weighted by Crippen LogP contribution is -2.49. The Kier molecular flexibility index (Phi) is 7.67. The monoisotopic (exact) mass is 289 g/mol. The third-order valence-corrected chi connectivity index (χ3v) is 2.30. The van der Waals surface area contributed by atoms with Gasteiger partial charge in [0.15, 0.2) is 5.96 Å². The molecular weight excluding hydrogens is 270 g/mol. The SMILES string of the molecule is NC(N)=NCCCC(N)C(=O)NC(CC(=O)O)C(=O)O. The normalized spacial score (nSPS) is 13.1. The number of amides is 1. The van der Waals surface area contributed by atoms with Crippen LogP contribution in [0.1, 0.15) is 19.3 Å². The van der Waals surface area contributed by atoms with Crippen LogP contribution in [0.5, 0.6) is 0 Å². The first-order chi connectivity index (χ1) is 9.23. The summed E-state index contributed by atoms with van der Waals surface area (Å²) in [6, 6.07) is -2.47. The molecule has 2 unspecified atom stereocenters. The van der Waals surface area contributed by atoms with Crippen molar-refractivity contribution >= 4 is 23.8 Å². The van der Waals surface area contributed by atoms with Gasteiger partial charge in [-0.25, -0.2) is 4.79 Å². The van der Waals surface area contributed by atoms with E-state index < -0.39 is 36.4 Å². The highest BCUT2D eigenvalue weighted by molar-refractivity contribution is 5.89. The average Bonchev–Trinajstić information content (AvgIpc) is 2.32. The minimum Gasteiger partial charge on any atom is -0.481 e. The maximum atomic E-state index is 11.6. The highest BCUT2D eigenvalue weighted by atomic mass is 16.4. The number of nitrogens with two attached hydrogens (primary N) is 3. The molecular formula is C10H19N5O5. The summed E-state index contributed by atoms with van der Waals surface area (Å²) < 4.78 is 0. The Morgan fingerprint density at radius 3 is 2.25 bits per heavy atom. The number of nitrogens with zero attached hydrogens (tertiary/aromatic N) is 1. The molecule has 20 heavy (non-hydrogen) atoms. The Labute approximate surface area is 115 Å². The molecule has 2 atom stereocenters. The lowest BCUT2D eigenvalue weighted by Gasteiger charge is -2.16. The first-order valence-corrected chi connectivity index (χ1v) is 5.80. The summed E-state index contributed by atoms with van der Waals surface area (Å²) in [5.41, 5.74) is 15.8. The Hall–Kier alpha value is -2.36. The van der Waals surface area contributed by atoms with Crippen LogP contribution in [-0.2, 0) is 14.4 Å². The molecule has 0 fully saturated rings. The Morgan fingerprint density at radius 1 is 1.20 bits per heavy atom. The average molecular weight is 289 g/mol. The summed E-state index contributed by atoms with van der Waals surface area (Å²) in [5.74, 6) is -3.58. The molecule has 114 valence electrons. The van der Waals surface area contributed by atoms with E-state index in [0.717, 1.165) is 0 Å². The van der Waals surface area contributed by atoms with Gasteiger partial charge in [0.1, 0.15) is 6.04 Å². The van der Waals surface area contributed by atoms with Gasteiger partial charge in [-0.05, 0) is 12.8 Å². The highest BCUT2D eigenvalue weighted by Gasteiger charge is 2.25. The topological polar surface area (TPSA) is 194 Å². The summed E-state index contributed by atoms with van der Waals surface area (Å²) in [7, 11) is 0. The molecule has 0 aromatic rings. The molecule has 0 saturated heterocycles. The maximum absolute atomic E-state index is 11.6. The molecule has 0 heterocycles. The van der Waals surface area contributed by atoms with Gasteiger partial charge in [-0.1, -0.05) is 0 Å². The molecule has 0 aromatic heterocycles. The fourth-order valence-corrected chi connectivity index (χ4v) is 1.30. The standard InChI is InChI=1S/C10H19N5O5/c11-5(2-1-3-14-10(12)13)8(18)15-6(9(19)20)4-7(16)17/h5-6H,1-4,11H2,(H,15,18)(H,16,17)(H,19,20)(H4,12,13,14). The molecule has 0 aliphatic rings. The van der Waals surface area contributed by atoms with Crippen molar-refractivity contribution in [3.63, 3.8) is 0 Å². The van der Waals surface area contributed by atoms with Gasteiger partial charge >= 0.3 is 11.9 Å². The Bertz CT molecular complexity index is 393. The first kappa shape index (κ1) is 17.6. The Morgan fingerprint density at radius 2 is 1.80 bits per heavy atom. The van der Waals surface area contributed by atoms with Gasteiger partial charge in [0.05, 0.1) is 12.5 Å². The van der Waals surface area contributed by atoms with Crippen LogP contribution in [-0.4, -0.2) is 52.6 Å². The zero-order valence-corrected chi connectivity index (χ0v) is 10.8. The number of hydrogen-bond donors (Lipinski definition) is 6. The smallest absolute Gasteiger partial charge is 0.326 e. The molecule has 10 heteroatoms. The molecule has 0 saturated carbocycles. The summed E-state index contributed by atoms with van der Waals surface area (Å²) in [5, 5.41) is 19.4. The van der Waals surface area contributed by atoms with E-state index in [-0.39, 0.29) is 12.4 Å². The minimum absolute atomic E-state index is 0.0737. The molecule has 9 N–H and O–H groups in total. The Balaban J connectivity index is 4.25. The van der Waals surface area contributed by atoms with Crippen molar-refractivity contribution in [1.82, 2.24) is 5.32 Å². The number of guanidine groups is 1. The second-order valence-electron chi connectivity index (χ2n) is 4.05. The maximum Gasteiger partial charge on any atom is 0.326 e. The molecule has 0 aliphatic heterocycles. The van der Waals surface area contributed by atoms with E-state index in [1.54, 1.807) is 0 Å². The summed E-state index contributed by atoms with van der Waals surface area (Å²) >= 11 is 0. The van der Waals surface area contributed by atoms with Gasteiger partial charge in [-0.3, -0.25) is 14.6 Å². The first-order valence-electron chi connectivity index (χ1n) is 5.80. The predicted octanol–water partition coefficient (Wildman–Crippen LogP) is -2.59. The van der Waals surface area contributed by atoms with Crippen molar-refractivity contribution in [1.29, 1.82) is 0 Å². The molecule has 10 nitrogen and oxygen atoms in total. The van der Waals surface area contributed by atoms with Crippen LogP contribution in [0.15, 0.2) is 4.99 Å². The number of carbonyl (C=O) groups is 3. The zero-order valence-electron chi connectivity index (χ0n) is 10.8. The molecule has 0 spiro atoms. The van der Waals surface area contributed by atoms with Crippen LogP contribution in [0.3, 0.4) is 0 Å². The van der Waals surface area contributed by atoms with E-state index >= 15 is 0 Å². The molecule has 0 aliphatic carbocycles. The fourth-order valence-electron chi connectivity index (χ4n) is 1.30. The number of aliphatic carboxylic acids is 2. The van der Waals surface area contributed by atoms with E-state index in [0.29, 0.717) is 13.0 Å². The zero-order chi connectivity index (χ0) is 15.7. The molecule has 0 bridgehead atoms. The van der Waals surface area contributed by atoms with Crippen molar-refractivity contribution < 1.29 is 24.6 Å². The lowest BCUT2D eigenvalue weighted by molar-refractivity contribution is -0.147. The van der Waals surface area contributed by atoms with E-state index in [4.69, 9.17) is 27.4 Å². The second kappa shape index (κ2) is 8.69. The highest BCUT2D eigenvalue weighted by Crippen LogP contribution is 1.98. The number of rotatable bonds is 9. The van der Waals surface area contributed by atoms with Crippen molar-refractivity contribution in [3.05, 3.63) is 0 Å². The largest absolute Gasteiger partial charge is 0.481 e. The van der Waals surface area contributed by atoms with Gasteiger partial charge in [0.2, 0.25) is 5.91 Å². The molecule has 0 aromatic carbocycles. The van der Waals surface area contributed by atoms with E-state index in [1.807, 2.05) is 0 Å². The van der Waals surface area contributed by atoms with Crippen molar-refractivity contribution in [2.24, 2.45) is 22.2 Å². The van der Waals surface area contributed by atoms with E-state index in [2.05, 4.69) is 10.3 Å². The number of carboxylic acid groups (broad SMARTS) is 2. The fraction of sp³-hybridized carbons (Fsp3) is 0.600. The molecule has 0 rings (SSSR count). The number of hydrogen-bond acceptors (Lipinski definition) is 5. The van der Waals surface area contributed by atoms with Crippen LogP contribution in [0.2, 0.25) is 0 Å². The lowest BCUT2D eigenvalue weighted by atomic mass is 10.1.